The molecular formula is C23H21NO3. The molecule has 0 saturated heterocycles. The summed E-state index contributed by atoms with van der Waals surface area (Å²) in [6.45, 7) is 2.82. The summed E-state index contributed by atoms with van der Waals surface area (Å²) in [5, 5.41) is 3.64. The van der Waals surface area contributed by atoms with Crippen LogP contribution in [0.4, 0.5) is 0 Å². The second-order valence-corrected chi connectivity index (χ2v) is 7.19. The van der Waals surface area contributed by atoms with E-state index >= 15 is 0 Å². The summed E-state index contributed by atoms with van der Waals surface area (Å²) in [4.78, 5) is 28.3. The molecule has 0 fully saturated rings. The van der Waals surface area contributed by atoms with E-state index in [9.17, 15) is 9.59 Å². The minimum absolute atomic E-state index is 0.0715. The molecule has 2 aromatic rings. The first kappa shape index (κ1) is 17.4. The van der Waals surface area contributed by atoms with Crippen LogP contribution in [-0.2, 0) is 15.0 Å². The van der Waals surface area contributed by atoms with Crippen LogP contribution < -0.4 is 0 Å². The SMILES string of the molecule is CC(=O)O/N=C(\C)C(=O)c1ccc2c(c1)C1(CC=CCC1)c1ccccc1-2. The number of hydrogen-bond acceptors (Lipinski definition) is 4. The Labute approximate surface area is 158 Å². The molecule has 0 aromatic heterocycles. The smallest absolute Gasteiger partial charge is 0.318 e. The monoisotopic (exact) mass is 359 g/mol. The van der Waals surface area contributed by atoms with Gasteiger partial charge in [-0.2, -0.15) is 0 Å². The maximum absolute atomic E-state index is 12.8. The van der Waals surface area contributed by atoms with Crippen molar-refractivity contribution in [3.8, 4) is 11.1 Å². The van der Waals surface area contributed by atoms with Gasteiger partial charge in [-0.05, 0) is 54.5 Å². The third kappa shape index (κ3) is 2.81. The molecule has 1 atom stereocenters. The van der Waals surface area contributed by atoms with Crippen LogP contribution >= 0.6 is 0 Å². The zero-order chi connectivity index (χ0) is 19.0. The van der Waals surface area contributed by atoms with E-state index in [-0.39, 0.29) is 16.9 Å². The summed E-state index contributed by atoms with van der Waals surface area (Å²) >= 11 is 0. The highest BCUT2D eigenvalue weighted by Gasteiger charge is 2.42. The second-order valence-electron chi connectivity index (χ2n) is 7.19. The first-order valence-electron chi connectivity index (χ1n) is 9.19. The lowest BCUT2D eigenvalue weighted by molar-refractivity contribution is -0.140. The first-order chi connectivity index (χ1) is 13.0. The lowest BCUT2D eigenvalue weighted by Crippen LogP contribution is -2.26. The van der Waals surface area contributed by atoms with Crippen molar-refractivity contribution >= 4 is 17.5 Å². The maximum Gasteiger partial charge on any atom is 0.331 e. The van der Waals surface area contributed by atoms with E-state index < -0.39 is 5.97 Å². The van der Waals surface area contributed by atoms with Crippen molar-refractivity contribution in [2.45, 2.75) is 38.5 Å². The zero-order valence-electron chi connectivity index (χ0n) is 15.5. The molecule has 4 heteroatoms. The van der Waals surface area contributed by atoms with Gasteiger partial charge in [0.2, 0.25) is 5.78 Å². The van der Waals surface area contributed by atoms with E-state index in [4.69, 9.17) is 0 Å². The van der Waals surface area contributed by atoms with Gasteiger partial charge in [-0.25, -0.2) is 4.79 Å². The summed E-state index contributed by atoms with van der Waals surface area (Å²) in [5.41, 5.74) is 5.68. The Morgan fingerprint density at radius 2 is 1.78 bits per heavy atom. The number of nitrogens with zero attached hydrogens (tertiary/aromatic N) is 1. The van der Waals surface area contributed by atoms with Crippen molar-refractivity contribution in [1.82, 2.24) is 0 Å². The number of allylic oxidation sites excluding steroid dienone is 2. The number of carbonyl (C=O) groups excluding carboxylic acids is 2. The van der Waals surface area contributed by atoms with E-state index in [1.54, 1.807) is 6.92 Å². The summed E-state index contributed by atoms with van der Waals surface area (Å²) in [6, 6.07) is 14.4. The van der Waals surface area contributed by atoms with Gasteiger partial charge in [-0.1, -0.05) is 53.7 Å². The Balaban J connectivity index is 1.80. The summed E-state index contributed by atoms with van der Waals surface area (Å²) in [6.07, 6.45) is 7.48. The van der Waals surface area contributed by atoms with E-state index in [1.165, 1.54) is 29.2 Å². The quantitative estimate of drug-likeness (QED) is 0.260. The van der Waals surface area contributed by atoms with Gasteiger partial charge in [0.05, 0.1) is 0 Å². The Bertz CT molecular complexity index is 1000. The Morgan fingerprint density at radius 1 is 1.00 bits per heavy atom. The third-order valence-corrected chi connectivity index (χ3v) is 5.54. The van der Waals surface area contributed by atoms with Gasteiger partial charge in [0, 0.05) is 17.9 Å². The number of oxime groups is 1. The molecule has 2 aliphatic rings. The molecule has 136 valence electrons. The topological polar surface area (TPSA) is 55.7 Å². The van der Waals surface area contributed by atoms with Crippen LogP contribution in [0.25, 0.3) is 11.1 Å². The molecule has 1 spiro atoms. The van der Waals surface area contributed by atoms with Crippen molar-refractivity contribution in [2.24, 2.45) is 5.16 Å². The van der Waals surface area contributed by atoms with Gasteiger partial charge in [0.1, 0.15) is 5.71 Å². The Kier molecular flexibility index (Phi) is 4.27. The molecule has 0 saturated carbocycles. The number of benzene rings is 2. The number of rotatable bonds is 3. The molecule has 0 N–H and O–H groups in total. The lowest BCUT2D eigenvalue weighted by Gasteiger charge is -2.33. The van der Waals surface area contributed by atoms with Crippen molar-refractivity contribution < 1.29 is 14.4 Å². The number of Topliss-reactive ketones (excluding diaryl/α,β-unsaturated/α-hetero) is 1. The fraction of sp³-hybridized carbons (Fsp3) is 0.261. The molecule has 27 heavy (non-hydrogen) atoms. The van der Waals surface area contributed by atoms with Gasteiger partial charge >= 0.3 is 5.97 Å². The predicted octanol–water partition coefficient (Wildman–Crippen LogP) is 4.81. The molecular weight excluding hydrogens is 338 g/mol. The fourth-order valence-corrected chi connectivity index (χ4v) is 4.30. The standard InChI is InChI=1S/C23H21NO3/c1-15(24-27-16(2)25)22(26)17-10-11-19-18-8-4-5-9-20(18)23(21(19)14-17)12-6-3-7-13-23/h3-6,8-11,14H,7,12-13H2,1-2H3/b24-15+. The van der Waals surface area contributed by atoms with E-state index in [0.717, 1.165) is 19.3 Å². The second kappa shape index (κ2) is 6.62. The van der Waals surface area contributed by atoms with Crippen molar-refractivity contribution in [1.29, 1.82) is 0 Å². The van der Waals surface area contributed by atoms with Crippen LogP contribution in [0.5, 0.6) is 0 Å². The molecule has 0 radical (unpaired) electrons. The molecule has 4 rings (SSSR count). The molecule has 4 nitrogen and oxygen atoms in total. The van der Waals surface area contributed by atoms with Crippen molar-refractivity contribution in [2.75, 3.05) is 0 Å². The minimum atomic E-state index is -0.542. The number of fused-ring (bicyclic) bond motifs is 5. The van der Waals surface area contributed by atoms with E-state index in [2.05, 4.69) is 46.4 Å². The average Bonchev–Trinajstić information content (AvgIpc) is 2.96. The molecule has 2 aliphatic carbocycles. The fourth-order valence-electron chi connectivity index (χ4n) is 4.30. The number of hydrogen-bond donors (Lipinski definition) is 0. The maximum atomic E-state index is 12.8. The summed E-state index contributed by atoms with van der Waals surface area (Å²) in [7, 11) is 0. The molecule has 0 amide bonds. The van der Waals surface area contributed by atoms with Crippen LogP contribution in [0, 0.1) is 0 Å². The minimum Gasteiger partial charge on any atom is -0.318 e. The van der Waals surface area contributed by atoms with Crippen LogP contribution in [0.3, 0.4) is 0 Å². The largest absolute Gasteiger partial charge is 0.331 e. The molecule has 0 aliphatic heterocycles. The van der Waals surface area contributed by atoms with Crippen molar-refractivity contribution in [3.05, 3.63) is 71.3 Å². The Morgan fingerprint density at radius 3 is 2.52 bits per heavy atom. The van der Waals surface area contributed by atoms with Gasteiger partial charge in [0.15, 0.2) is 0 Å². The van der Waals surface area contributed by atoms with Gasteiger partial charge in [-0.3, -0.25) is 4.79 Å². The zero-order valence-corrected chi connectivity index (χ0v) is 15.5. The number of ketones is 1. The van der Waals surface area contributed by atoms with E-state index in [1.807, 2.05) is 18.2 Å². The average molecular weight is 359 g/mol. The van der Waals surface area contributed by atoms with Crippen LogP contribution in [0.15, 0.2) is 59.8 Å². The highest BCUT2D eigenvalue weighted by molar-refractivity contribution is 6.45. The van der Waals surface area contributed by atoms with Gasteiger partial charge in [-0.15, -0.1) is 0 Å². The Hall–Kier alpha value is -3.01. The predicted molar refractivity (Wildman–Crippen MR) is 105 cm³/mol. The highest BCUT2D eigenvalue weighted by atomic mass is 16.7. The van der Waals surface area contributed by atoms with Crippen LogP contribution in [0.2, 0.25) is 0 Å². The molecule has 0 bridgehead atoms. The summed E-state index contributed by atoms with van der Waals surface area (Å²) < 4.78 is 0. The summed E-state index contributed by atoms with van der Waals surface area (Å²) in [5.74, 6) is -0.768. The molecule has 1 unspecified atom stereocenters. The van der Waals surface area contributed by atoms with Crippen LogP contribution in [-0.4, -0.2) is 17.5 Å². The molecule has 2 aromatic carbocycles. The normalized spacial score (nSPS) is 20.3. The van der Waals surface area contributed by atoms with Gasteiger partial charge < -0.3 is 4.84 Å². The van der Waals surface area contributed by atoms with Gasteiger partial charge in [0.25, 0.3) is 0 Å². The lowest BCUT2D eigenvalue weighted by atomic mass is 9.70. The number of carbonyl (C=O) groups is 2. The third-order valence-electron chi connectivity index (χ3n) is 5.54. The highest BCUT2D eigenvalue weighted by Crippen LogP contribution is 2.54. The van der Waals surface area contributed by atoms with Crippen LogP contribution in [0.1, 0.15) is 54.6 Å². The first-order valence-corrected chi connectivity index (χ1v) is 9.19. The van der Waals surface area contributed by atoms with Crippen molar-refractivity contribution in [3.63, 3.8) is 0 Å². The van der Waals surface area contributed by atoms with E-state index in [0.29, 0.717) is 5.56 Å². The molecule has 0 heterocycles.